The first-order valence-electron chi connectivity index (χ1n) is 7.70. The molecule has 0 radical (unpaired) electrons. The smallest absolute Gasteiger partial charge is 0.263 e. The molecule has 1 amide bonds. The quantitative estimate of drug-likeness (QED) is 0.626. The van der Waals surface area contributed by atoms with Gasteiger partial charge in [0, 0.05) is 17.0 Å². The molecule has 1 aliphatic heterocycles. The first-order valence-corrected chi connectivity index (χ1v) is 10.1. The third kappa shape index (κ3) is 3.33. The van der Waals surface area contributed by atoms with Crippen molar-refractivity contribution in [1.29, 1.82) is 0 Å². The molecule has 0 unspecified atom stereocenters. The van der Waals surface area contributed by atoms with Crippen molar-refractivity contribution >= 4 is 27.7 Å². The van der Waals surface area contributed by atoms with Gasteiger partial charge in [-0.15, -0.1) is 0 Å². The summed E-state index contributed by atoms with van der Waals surface area (Å²) in [6, 6.07) is 2.67. The highest BCUT2D eigenvalue weighted by molar-refractivity contribution is 8.01. The molecular weight excluding hydrogens is 348 g/mol. The number of rotatable bonds is 3. The van der Waals surface area contributed by atoms with Crippen molar-refractivity contribution < 1.29 is 18.4 Å². The van der Waals surface area contributed by atoms with Crippen LogP contribution in [-0.2, 0) is 14.8 Å². The van der Waals surface area contributed by atoms with Crippen LogP contribution in [0, 0.1) is 20.8 Å². The third-order valence-corrected chi connectivity index (χ3v) is 7.79. The molecule has 2 rings (SSSR count). The van der Waals surface area contributed by atoms with E-state index in [4.69, 9.17) is 5.21 Å². The zero-order valence-electron chi connectivity index (χ0n) is 14.6. The van der Waals surface area contributed by atoms with Crippen LogP contribution in [0.25, 0.3) is 0 Å². The van der Waals surface area contributed by atoms with Crippen LogP contribution in [-0.4, -0.2) is 46.9 Å². The number of hydrogen-bond acceptors (Lipinski definition) is 5. The van der Waals surface area contributed by atoms with Crippen LogP contribution < -0.4 is 5.48 Å². The second-order valence-electron chi connectivity index (χ2n) is 6.67. The Morgan fingerprint density at radius 3 is 2.33 bits per heavy atom. The lowest BCUT2D eigenvalue weighted by atomic mass is 10.0. The minimum absolute atomic E-state index is 0.223. The van der Waals surface area contributed by atoms with E-state index < -0.39 is 26.7 Å². The van der Waals surface area contributed by atoms with Gasteiger partial charge in [-0.2, -0.15) is 16.1 Å². The first kappa shape index (κ1) is 19.2. The minimum Gasteiger partial charge on any atom is -0.289 e. The number of nitrogens with one attached hydrogen (secondary N) is 1. The molecule has 134 valence electrons. The van der Waals surface area contributed by atoms with Gasteiger partial charge in [-0.3, -0.25) is 10.0 Å². The van der Waals surface area contributed by atoms with E-state index in [1.807, 2.05) is 32.9 Å². The number of aryl methyl sites for hydroxylation is 3. The van der Waals surface area contributed by atoms with Gasteiger partial charge in [0.25, 0.3) is 5.91 Å². The molecule has 1 aromatic rings. The lowest BCUT2D eigenvalue weighted by Gasteiger charge is -2.43. The summed E-state index contributed by atoms with van der Waals surface area (Å²) >= 11 is 1.52. The van der Waals surface area contributed by atoms with Crippen LogP contribution in [0.5, 0.6) is 0 Å². The van der Waals surface area contributed by atoms with Crippen LogP contribution in [0.4, 0.5) is 0 Å². The summed E-state index contributed by atoms with van der Waals surface area (Å²) in [5.74, 6) is -0.121. The Bertz CT molecular complexity index is 736. The summed E-state index contributed by atoms with van der Waals surface area (Å²) in [6.07, 6.45) is 0. The molecular formula is C16H24N2O4S2. The minimum atomic E-state index is -3.87. The van der Waals surface area contributed by atoms with Gasteiger partial charge in [-0.1, -0.05) is 17.7 Å². The van der Waals surface area contributed by atoms with Crippen molar-refractivity contribution in [2.75, 3.05) is 12.3 Å². The lowest BCUT2D eigenvalue weighted by molar-refractivity contribution is -0.134. The number of sulfonamides is 1. The largest absolute Gasteiger partial charge is 0.289 e. The SMILES string of the molecule is Cc1cc(C)c(S(=O)(=O)N2CCSC(C)(C)[C@@H]2C(=O)NO)c(C)c1. The predicted octanol–water partition coefficient (Wildman–Crippen LogP) is 2.00. The first-order chi connectivity index (χ1) is 11.0. The Hall–Kier alpha value is -1.09. The Morgan fingerprint density at radius 1 is 1.29 bits per heavy atom. The summed E-state index contributed by atoms with van der Waals surface area (Å²) in [4.78, 5) is 12.5. The van der Waals surface area contributed by atoms with Crippen molar-refractivity contribution in [3.63, 3.8) is 0 Å². The average molecular weight is 373 g/mol. The van der Waals surface area contributed by atoms with E-state index in [2.05, 4.69) is 0 Å². The highest BCUT2D eigenvalue weighted by atomic mass is 32.2. The second-order valence-corrected chi connectivity index (χ2v) is 10.3. The number of thioether (sulfide) groups is 1. The molecule has 1 saturated heterocycles. The zero-order chi connectivity index (χ0) is 18.3. The molecule has 8 heteroatoms. The van der Waals surface area contributed by atoms with Gasteiger partial charge in [0.1, 0.15) is 6.04 Å². The third-order valence-electron chi connectivity index (χ3n) is 4.26. The van der Waals surface area contributed by atoms with Crippen LogP contribution in [0.2, 0.25) is 0 Å². The van der Waals surface area contributed by atoms with Gasteiger partial charge in [-0.05, 0) is 45.7 Å². The Morgan fingerprint density at radius 2 is 1.83 bits per heavy atom. The van der Waals surface area contributed by atoms with Gasteiger partial charge in [0.15, 0.2) is 0 Å². The summed E-state index contributed by atoms with van der Waals surface area (Å²) in [6.45, 7) is 9.29. The number of nitrogens with zero attached hydrogens (tertiary/aromatic N) is 1. The molecule has 0 aromatic heterocycles. The predicted molar refractivity (Wildman–Crippen MR) is 94.8 cm³/mol. The second kappa shape index (κ2) is 6.67. The molecule has 6 nitrogen and oxygen atoms in total. The normalized spacial score (nSPS) is 21.5. The summed E-state index contributed by atoms with van der Waals surface area (Å²) < 4.78 is 27.2. The number of amides is 1. The van der Waals surface area contributed by atoms with E-state index in [0.29, 0.717) is 16.9 Å². The standard InChI is InChI=1S/C16H24N2O4S2/c1-10-8-11(2)13(12(3)9-10)24(21,22)18-6-7-23-16(4,5)14(18)15(19)17-20/h8-9,14,20H,6-7H2,1-5H3,(H,17,19)/t14-/m0/s1. The Labute approximate surface area is 147 Å². The molecule has 1 aliphatic rings. The molecule has 1 atom stereocenters. The molecule has 2 N–H and O–H groups in total. The summed E-state index contributed by atoms with van der Waals surface area (Å²) in [5.41, 5.74) is 3.93. The molecule has 0 aliphatic carbocycles. The van der Waals surface area contributed by atoms with Gasteiger partial charge in [0.05, 0.1) is 4.90 Å². The van der Waals surface area contributed by atoms with E-state index in [9.17, 15) is 13.2 Å². The highest BCUT2D eigenvalue weighted by Crippen LogP contribution is 2.39. The number of carbonyl (C=O) groups excluding carboxylic acids is 1. The van der Waals surface area contributed by atoms with Crippen LogP contribution in [0.15, 0.2) is 17.0 Å². The fourth-order valence-corrected chi connectivity index (χ4v) is 6.93. The lowest BCUT2D eigenvalue weighted by Crippen LogP contribution is -2.61. The molecule has 1 heterocycles. The van der Waals surface area contributed by atoms with E-state index in [1.54, 1.807) is 19.3 Å². The maximum Gasteiger partial charge on any atom is 0.263 e. The van der Waals surface area contributed by atoms with Gasteiger partial charge >= 0.3 is 0 Å². The van der Waals surface area contributed by atoms with Crippen LogP contribution in [0.3, 0.4) is 0 Å². The highest BCUT2D eigenvalue weighted by Gasteiger charge is 2.48. The molecule has 1 aromatic carbocycles. The Balaban J connectivity index is 2.61. The van der Waals surface area contributed by atoms with Crippen molar-refractivity contribution in [2.24, 2.45) is 0 Å². The number of hydroxylamine groups is 1. The van der Waals surface area contributed by atoms with Crippen molar-refractivity contribution in [3.8, 4) is 0 Å². The maximum atomic E-state index is 13.3. The fourth-order valence-electron chi connectivity index (χ4n) is 3.41. The topological polar surface area (TPSA) is 86.7 Å². The average Bonchev–Trinajstić information content (AvgIpc) is 2.43. The van der Waals surface area contributed by atoms with Crippen LogP contribution >= 0.6 is 11.8 Å². The fraction of sp³-hybridized carbons (Fsp3) is 0.562. The zero-order valence-corrected chi connectivity index (χ0v) is 16.2. The monoisotopic (exact) mass is 372 g/mol. The summed E-state index contributed by atoms with van der Waals surface area (Å²) in [7, 11) is -3.87. The number of hydrogen-bond donors (Lipinski definition) is 2. The van der Waals surface area contributed by atoms with E-state index in [1.165, 1.54) is 16.1 Å². The van der Waals surface area contributed by atoms with Crippen molar-refractivity contribution in [2.45, 2.75) is 50.3 Å². The molecule has 0 saturated carbocycles. The van der Waals surface area contributed by atoms with Gasteiger partial charge in [0.2, 0.25) is 10.0 Å². The van der Waals surface area contributed by atoms with E-state index >= 15 is 0 Å². The van der Waals surface area contributed by atoms with E-state index in [-0.39, 0.29) is 11.4 Å². The number of benzene rings is 1. The maximum absolute atomic E-state index is 13.3. The molecule has 24 heavy (non-hydrogen) atoms. The molecule has 0 spiro atoms. The molecule has 1 fully saturated rings. The van der Waals surface area contributed by atoms with E-state index in [0.717, 1.165) is 5.56 Å². The molecule has 0 bridgehead atoms. The van der Waals surface area contributed by atoms with Crippen molar-refractivity contribution in [3.05, 3.63) is 28.8 Å². The number of carbonyl (C=O) groups is 1. The van der Waals surface area contributed by atoms with Gasteiger partial charge in [-0.25, -0.2) is 13.9 Å². The van der Waals surface area contributed by atoms with Crippen molar-refractivity contribution in [1.82, 2.24) is 9.79 Å². The summed E-state index contributed by atoms with van der Waals surface area (Å²) in [5, 5.41) is 9.09. The van der Waals surface area contributed by atoms with Gasteiger partial charge < -0.3 is 0 Å². The van der Waals surface area contributed by atoms with Crippen LogP contribution in [0.1, 0.15) is 30.5 Å². The Kier molecular flexibility index (Phi) is 5.34.